The van der Waals surface area contributed by atoms with E-state index in [0.717, 1.165) is 17.5 Å². The lowest BCUT2D eigenvalue weighted by Gasteiger charge is -1.93. The van der Waals surface area contributed by atoms with Crippen LogP contribution < -0.4 is 0 Å². The van der Waals surface area contributed by atoms with Gasteiger partial charge >= 0.3 is 0 Å². The van der Waals surface area contributed by atoms with E-state index < -0.39 is 0 Å². The van der Waals surface area contributed by atoms with Crippen molar-refractivity contribution in [3.05, 3.63) is 84.0 Å². The van der Waals surface area contributed by atoms with Gasteiger partial charge in [0, 0.05) is 0 Å². The van der Waals surface area contributed by atoms with Crippen molar-refractivity contribution in [2.45, 2.75) is 6.42 Å². The molecular weight excluding hydrogens is 260 g/mol. The van der Waals surface area contributed by atoms with Crippen molar-refractivity contribution >= 4 is 12.2 Å². The molecule has 2 N–H and O–H groups in total. The summed E-state index contributed by atoms with van der Waals surface area (Å²) in [5.74, 6) is 0.563. The van der Waals surface area contributed by atoms with E-state index in [2.05, 4.69) is 12.2 Å². The van der Waals surface area contributed by atoms with Crippen LogP contribution >= 0.6 is 0 Å². The monoisotopic (exact) mass is 278 g/mol. The van der Waals surface area contributed by atoms with Gasteiger partial charge in [0.25, 0.3) is 0 Å². The molecule has 2 aromatic rings. The minimum Gasteiger partial charge on any atom is -0.508 e. The van der Waals surface area contributed by atoms with Crippen molar-refractivity contribution in [3.8, 4) is 11.5 Å². The first-order valence-electron chi connectivity index (χ1n) is 6.82. The fraction of sp³-hybridized carbons (Fsp3) is 0.0526. The van der Waals surface area contributed by atoms with E-state index in [0.29, 0.717) is 0 Å². The number of rotatable bonds is 5. The van der Waals surface area contributed by atoms with Crippen molar-refractivity contribution in [1.29, 1.82) is 0 Å². The molecule has 2 rings (SSSR count). The van der Waals surface area contributed by atoms with Gasteiger partial charge in [-0.05, 0) is 41.8 Å². The number of phenols is 2. The molecule has 0 aliphatic heterocycles. The topological polar surface area (TPSA) is 40.5 Å². The summed E-state index contributed by atoms with van der Waals surface area (Å²) in [5.41, 5.74) is 2.12. The Morgan fingerprint density at radius 2 is 1.14 bits per heavy atom. The fourth-order valence-electron chi connectivity index (χ4n) is 1.78. The van der Waals surface area contributed by atoms with E-state index >= 15 is 0 Å². The highest BCUT2D eigenvalue weighted by Crippen LogP contribution is 2.12. The molecule has 0 aliphatic carbocycles. The van der Waals surface area contributed by atoms with E-state index in [1.807, 2.05) is 48.6 Å². The van der Waals surface area contributed by atoms with Gasteiger partial charge in [-0.15, -0.1) is 0 Å². The van der Waals surface area contributed by atoms with Crippen molar-refractivity contribution in [2.24, 2.45) is 0 Å². The highest BCUT2D eigenvalue weighted by Gasteiger charge is 1.87. The Kier molecular flexibility index (Phi) is 5.41. The number of aromatic hydroxyl groups is 2. The summed E-state index contributed by atoms with van der Waals surface area (Å²) in [6.07, 6.45) is 13.0. The molecule has 0 aliphatic rings. The summed E-state index contributed by atoms with van der Waals surface area (Å²) in [6, 6.07) is 14.2. The molecule has 0 aromatic heterocycles. The average molecular weight is 278 g/mol. The van der Waals surface area contributed by atoms with Crippen LogP contribution in [0.4, 0.5) is 0 Å². The van der Waals surface area contributed by atoms with Gasteiger partial charge < -0.3 is 10.2 Å². The van der Waals surface area contributed by atoms with E-state index in [1.165, 1.54) is 0 Å². The molecule has 0 fully saturated rings. The molecule has 2 heteroatoms. The molecule has 2 aromatic carbocycles. The zero-order chi connectivity index (χ0) is 14.9. The second-order valence-corrected chi connectivity index (χ2v) is 4.61. The van der Waals surface area contributed by atoms with Crippen LogP contribution in [-0.2, 0) is 0 Å². The summed E-state index contributed by atoms with van der Waals surface area (Å²) >= 11 is 0. The van der Waals surface area contributed by atoms with Crippen LogP contribution in [-0.4, -0.2) is 10.2 Å². The van der Waals surface area contributed by atoms with Crippen LogP contribution in [0.15, 0.2) is 72.8 Å². The number of hydrogen-bond acceptors (Lipinski definition) is 2. The molecule has 0 radical (unpaired) electrons. The second-order valence-electron chi connectivity index (χ2n) is 4.61. The highest BCUT2D eigenvalue weighted by atomic mass is 16.3. The van der Waals surface area contributed by atoms with Crippen molar-refractivity contribution < 1.29 is 10.2 Å². The number of hydrogen-bond donors (Lipinski definition) is 2. The van der Waals surface area contributed by atoms with Crippen molar-refractivity contribution in [2.75, 3.05) is 0 Å². The molecule has 0 atom stereocenters. The molecule has 0 amide bonds. The SMILES string of the molecule is Oc1ccc(C=CC=CCC=Cc2ccc(O)cc2)cc1. The minimum absolute atomic E-state index is 0.280. The summed E-state index contributed by atoms with van der Waals surface area (Å²) < 4.78 is 0. The lowest BCUT2D eigenvalue weighted by molar-refractivity contribution is 0.474. The Bertz CT molecular complexity index is 632. The van der Waals surface area contributed by atoms with Crippen LogP contribution in [0.25, 0.3) is 12.2 Å². The zero-order valence-electron chi connectivity index (χ0n) is 11.7. The Balaban J connectivity index is 1.77. The van der Waals surface area contributed by atoms with Crippen LogP contribution in [0.2, 0.25) is 0 Å². The highest BCUT2D eigenvalue weighted by molar-refractivity contribution is 5.52. The molecule has 0 bridgehead atoms. The third-order valence-corrected chi connectivity index (χ3v) is 2.90. The standard InChI is InChI=1S/C19H18O2/c20-18-12-8-16(9-13-18)6-4-2-1-3-5-7-17-10-14-19(21)15-11-17/h1-2,4-15,20-21H,3H2. The van der Waals surface area contributed by atoms with Crippen molar-refractivity contribution in [3.63, 3.8) is 0 Å². The van der Waals surface area contributed by atoms with E-state index in [1.54, 1.807) is 24.3 Å². The van der Waals surface area contributed by atoms with Gasteiger partial charge in [-0.2, -0.15) is 0 Å². The van der Waals surface area contributed by atoms with E-state index in [9.17, 15) is 10.2 Å². The lowest BCUT2D eigenvalue weighted by atomic mass is 10.2. The fourth-order valence-corrected chi connectivity index (χ4v) is 1.78. The van der Waals surface area contributed by atoms with Gasteiger partial charge in [0.05, 0.1) is 0 Å². The van der Waals surface area contributed by atoms with Crippen molar-refractivity contribution in [1.82, 2.24) is 0 Å². The third kappa shape index (κ3) is 5.41. The van der Waals surface area contributed by atoms with Gasteiger partial charge in [0.2, 0.25) is 0 Å². The third-order valence-electron chi connectivity index (χ3n) is 2.90. The lowest BCUT2D eigenvalue weighted by Crippen LogP contribution is -1.70. The molecule has 0 unspecified atom stereocenters. The molecule has 0 spiro atoms. The predicted molar refractivity (Wildman–Crippen MR) is 88.0 cm³/mol. The predicted octanol–water partition coefficient (Wildman–Crippen LogP) is 4.77. The average Bonchev–Trinajstić information content (AvgIpc) is 2.50. The number of phenolic OH excluding ortho intramolecular Hbond substituents is 2. The zero-order valence-corrected chi connectivity index (χ0v) is 11.7. The summed E-state index contributed by atoms with van der Waals surface area (Å²) in [4.78, 5) is 0. The Hall–Kier alpha value is -2.74. The van der Waals surface area contributed by atoms with E-state index in [-0.39, 0.29) is 11.5 Å². The second kappa shape index (κ2) is 7.75. The van der Waals surface area contributed by atoms with E-state index in [4.69, 9.17) is 0 Å². The van der Waals surface area contributed by atoms with Gasteiger partial charge in [0.15, 0.2) is 0 Å². The Morgan fingerprint density at radius 1 is 0.619 bits per heavy atom. The maximum absolute atomic E-state index is 9.18. The molecule has 21 heavy (non-hydrogen) atoms. The van der Waals surface area contributed by atoms with Gasteiger partial charge in [-0.1, -0.05) is 60.7 Å². The smallest absolute Gasteiger partial charge is 0.115 e. The summed E-state index contributed by atoms with van der Waals surface area (Å²) in [6.45, 7) is 0. The molecule has 0 heterocycles. The Labute approximate surface area is 125 Å². The van der Waals surface area contributed by atoms with Crippen LogP contribution in [0.1, 0.15) is 17.5 Å². The number of benzene rings is 2. The molecule has 106 valence electrons. The quantitative estimate of drug-likeness (QED) is 0.773. The largest absolute Gasteiger partial charge is 0.508 e. The molecular formula is C19H18O2. The summed E-state index contributed by atoms with van der Waals surface area (Å²) in [7, 11) is 0. The first kappa shape index (κ1) is 14.7. The van der Waals surface area contributed by atoms with Crippen LogP contribution in [0.3, 0.4) is 0 Å². The molecule has 2 nitrogen and oxygen atoms in total. The van der Waals surface area contributed by atoms with Crippen LogP contribution in [0, 0.1) is 0 Å². The summed E-state index contributed by atoms with van der Waals surface area (Å²) in [5, 5.41) is 18.4. The maximum Gasteiger partial charge on any atom is 0.115 e. The Morgan fingerprint density at radius 3 is 1.71 bits per heavy atom. The minimum atomic E-state index is 0.280. The molecule has 0 saturated carbocycles. The molecule has 0 saturated heterocycles. The first-order valence-corrected chi connectivity index (χ1v) is 6.82. The van der Waals surface area contributed by atoms with Crippen LogP contribution in [0.5, 0.6) is 11.5 Å². The van der Waals surface area contributed by atoms with Gasteiger partial charge in [-0.3, -0.25) is 0 Å². The van der Waals surface area contributed by atoms with Gasteiger partial charge in [-0.25, -0.2) is 0 Å². The maximum atomic E-state index is 9.18. The number of allylic oxidation sites excluding steroid dienone is 4. The van der Waals surface area contributed by atoms with Gasteiger partial charge in [0.1, 0.15) is 11.5 Å². The normalized spacial score (nSPS) is 11.8. The first-order chi connectivity index (χ1) is 10.2.